The highest BCUT2D eigenvalue weighted by Crippen LogP contribution is 1.64. The van der Waals surface area contributed by atoms with Gasteiger partial charge in [-0.2, -0.15) is 0 Å². The summed E-state index contributed by atoms with van der Waals surface area (Å²) in [6, 6.07) is 0. The van der Waals surface area contributed by atoms with Crippen molar-refractivity contribution in [3.63, 3.8) is 0 Å². The summed E-state index contributed by atoms with van der Waals surface area (Å²) < 4.78 is 4.09. The molecule has 0 spiro atoms. The number of rotatable bonds is 1. The summed E-state index contributed by atoms with van der Waals surface area (Å²) in [6.07, 6.45) is -0.720. The van der Waals surface area contributed by atoms with E-state index < -0.39 is 6.09 Å². The Labute approximate surface area is 40.6 Å². The van der Waals surface area contributed by atoms with Crippen LogP contribution in [0.25, 0.3) is 0 Å². The molecule has 0 fully saturated rings. The lowest BCUT2D eigenvalue weighted by atomic mass is 11.2. The summed E-state index contributed by atoms with van der Waals surface area (Å²) in [6.45, 7) is -0.150. The molecule has 5 nitrogen and oxygen atoms in total. The Morgan fingerprint density at radius 2 is 2.43 bits per heavy atom. The van der Waals surface area contributed by atoms with E-state index in [1.807, 2.05) is 0 Å². The molecule has 0 saturated carbocycles. The van der Waals surface area contributed by atoms with Gasteiger partial charge >= 0.3 is 6.09 Å². The van der Waals surface area contributed by atoms with E-state index in [-0.39, 0.29) is 6.73 Å². The smallest absolute Gasteiger partial charge is 0.422 e. The maximum atomic E-state index is 9.87. The van der Waals surface area contributed by atoms with E-state index in [1.165, 1.54) is 0 Å². The lowest BCUT2D eigenvalue weighted by molar-refractivity contribution is 0.149. The van der Waals surface area contributed by atoms with E-state index >= 15 is 0 Å². The fourth-order valence-electron chi connectivity index (χ4n) is 0.117. The van der Waals surface area contributed by atoms with Gasteiger partial charge in [0.05, 0.1) is 0 Å². The SMILES string of the molecule is NCOC(=O)NN. The third kappa shape index (κ3) is 3.01. The van der Waals surface area contributed by atoms with E-state index in [4.69, 9.17) is 5.73 Å². The van der Waals surface area contributed by atoms with E-state index in [0.29, 0.717) is 0 Å². The number of hydrogen-bond acceptors (Lipinski definition) is 4. The highest BCUT2D eigenvalue weighted by molar-refractivity contribution is 5.66. The lowest BCUT2D eigenvalue weighted by Gasteiger charge is -1.95. The van der Waals surface area contributed by atoms with Gasteiger partial charge in [0, 0.05) is 0 Å². The maximum absolute atomic E-state index is 9.87. The summed E-state index contributed by atoms with van der Waals surface area (Å²) >= 11 is 0. The van der Waals surface area contributed by atoms with Crippen molar-refractivity contribution in [2.24, 2.45) is 11.6 Å². The number of hydrazine groups is 1. The maximum Gasteiger partial charge on any atom is 0.422 e. The van der Waals surface area contributed by atoms with Gasteiger partial charge < -0.3 is 4.74 Å². The molecule has 0 unspecified atom stereocenters. The molecule has 42 valence electrons. The Morgan fingerprint density at radius 3 is 2.57 bits per heavy atom. The molecule has 0 saturated heterocycles. The van der Waals surface area contributed by atoms with Crippen molar-refractivity contribution < 1.29 is 9.53 Å². The second kappa shape index (κ2) is 3.38. The molecule has 0 aromatic rings. The number of carbonyl (C=O) groups is 1. The average Bonchev–Trinajstić information content (AvgIpc) is 1.68. The molecule has 0 aromatic carbocycles. The van der Waals surface area contributed by atoms with Crippen LogP contribution in [0, 0.1) is 0 Å². The van der Waals surface area contributed by atoms with Gasteiger partial charge in [0.2, 0.25) is 0 Å². The minimum absolute atomic E-state index is 0.150. The quantitative estimate of drug-likeness (QED) is 0.164. The van der Waals surface area contributed by atoms with Gasteiger partial charge in [0.15, 0.2) is 0 Å². The van der Waals surface area contributed by atoms with Crippen LogP contribution in [0.5, 0.6) is 0 Å². The topological polar surface area (TPSA) is 90.4 Å². The number of carbonyl (C=O) groups excluding carboxylic acids is 1. The molecule has 0 bridgehead atoms. The summed E-state index contributed by atoms with van der Waals surface area (Å²) in [5.41, 5.74) is 6.49. The number of nitrogens with one attached hydrogen (secondary N) is 1. The molecule has 0 aliphatic heterocycles. The van der Waals surface area contributed by atoms with E-state index in [1.54, 1.807) is 5.43 Å². The van der Waals surface area contributed by atoms with Crippen LogP contribution < -0.4 is 17.0 Å². The Kier molecular flexibility index (Phi) is 2.99. The predicted octanol–water partition coefficient (Wildman–Crippen LogP) is -1.50. The summed E-state index contributed by atoms with van der Waals surface area (Å²) in [5.74, 6) is 4.58. The predicted molar refractivity (Wildman–Crippen MR) is 22.9 cm³/mol. The Hall–Kier alpha value is -0.810. The molecule has 0 atom stereocenters. The molecule has 0 rings (SSSR count). The third-order valence-electron chi connectivity index (χ3n) is 0.332. The number of nitrogens with two attached hydrogens (primary N) is 2. The van der Waals surface area contributed by atoms with Gasteiger partial charge in [-0.05, 0) is 0 Å². The number of amides is 1. The molecular weight excluding hydrogens is 98.0 g/mol. The standard InChI is InChI=1S/C2H7N3O2/c3-1-7-2(6)5-4/h1,3-4H2,(H,5,6). The van der Waals surface area contributed by atoms with Crippen LogP contribution in [-0.2, 0) is 4.74 Å². The summed E-state index contributed by atoms with van der Waals surface area (Å²) in [5, 5.41) is 0. The first-order valence-electron chi connectivity index (χ1n) is 1.64. The van der Waals surface area contributed by atoms with Crippen molar-refractivity contribution in [3.05, 3.63) is 0 Å². The molecule has 5 N–H and O–H groups in total. The molecule has 0 aromatic heterocycles. The first-order chi connectivity index (χ1) is 3.31. The molecule has 7 heavy (non-hydrogen) atoms. The Bertz CT molecular complexity index is 64.0. The van der Waals surface area contributed by atoms with Crippen LogP contribution in [0.4, 0.5) is 4.79 Å². The third-order valence-corrected chi connectivity index (χ3v) is 0.332. The second-order valence-electron chi connectivity index (χ2n) is 0.743. The molecule has 0 aliphatic carbocycles. The van der Waals surface area contributed by atoms with Gasteiger partial charge in [-0.15, -0.1) is 0 Å². The summed E-state index contributed by atoms with van der Waals surface area (Å²) in [4.78, 5) is 9.87. The van der Waals surface area contributed by atoms with Crippen molar-refractivity contribution in [2.75, 3.05) is 6.73 Å². The van der Waals surface area contributed by atoms with E-state index in [9.17, 15) is 4.79 Å². The molecule has 1 amide bonds. The molecular formula is C2H7N3O2. The molecule has 5 heteroatoms. The second-order valence-corrected chi connectivity index (χ2v) is 0.743. The molecule has 0 radical (unpaired) electrons. The fourth-order valence-corrected chi connectivity index (χ4v) is 0.117. The van der Waals surface area contributed by atoms with E-state index in [2.05, 4.69) is 10.6 Å². The van der Waals surface area contributed by atoms with Gasteiger partial charge in [-0.25, -0.2) is 10.6 Å². The zero-order valence-corrected chi connectivity index (χ0v) is 3.68. The zero-order chi connectivity index (χ0) is 5.70. The Balaban J connectivity index is 3.00. The lowest BCUT2D eigenvalue weighted by Crippen LogP contribution is -2.32. The molecule has 0 aliphatic rings. The van der Waals surface area contributed by atoms with Crippen LogP contribution in [0.2, 0.25) is 0 Å². The van der Waals surface area contributed by atoms with Gasteiger partial charge in [-0.1, -0.05) is 0 Å². The van der Waals surface area contributed by atoms with Crippen LogP contribution >= 0.6 is 0 Å². The summed E-state index contributed by atoms with van der Waals surface area (Å²) in [7, 11) is 0. The van der Waals surface area contributed by atoms with E-state index in [0.717, 1.165) is 0 Å². The Morgan fingerprint density at radius 1 is 1.86 bits per heavy atom. The number of ether oxygens (including phenoxy) is 1. The van der Waals surface area contributed by atoms with Gasteiger partial charge in [0.1, 0.15) is 6.73 Å². The highest BCUT2D eigenvalue weighted by Gasteiger charge is 1.90. The van der Waals surface area contributed by atoms with Crippen LogP contribution in [0.1, 0.15) is 0 Å². The van der Waals surface area contributed by atoms with Crippen LogP contribution in [-0.4, -0.2) is 12.8 Å². The molecule has 0 heterocycles. The minimum atomic E-state index is -0.720. The van der Waals surface area contributed by atoms with Crippen molar-refractivity contribution in [1.82, 2.24) is 5.43 Å². The van der Waals surface area contributed by atoms with Crippen LogP contribution in [0.15, 0.2) is 0 Å². The largest absolute Gasteiger partial charge is 0.433 e. The van der Waals surface area contributed by atoms with Crippen molar-refractivity contribution >= 4 is 6.09 Å². The first-order valence-corrected chi connectivity index (χ1v) is 1.64. The van der Waals surface area contributed by atoms with Gasteiger partial charge in [0.25, 0.3) is 0 Å². The first kappa shape index (κ1) is 6.19. The fraction of sp³-hybridized carbons (Fsp3) is 0.500. The zero-order valence-electron chi connectivity index (χ0n) is 3.68. The average molecular weight is 105 g/mol. The number of hydrogen-bond donors (Lipinski definition) is 3. The van der Waals surface area contributed by atoms with Crippen molar-refractivity contribution in [2.45, 2.75) is 0 Å². The van der Waals surface area contributed by atoms with Crippen molar-refractivity contribution in [1.29, 1.82) is 0 Å². The minimum Gasteiger partial charge on any atom is -0.433 e. The van der Waals surface area contributed by atoms with Crippen molar-refractivity contribution in [3.8, 4) is 0 Å². The van der Waals surface area contributed by atoms with Gasteiger partial charge in [-0.3, -0.25) is 11.2 Å². The van der Waals surface area contributed by atoms with Crippen LogP contribution in [0.3, 0.4) is 0 Å². The normalized spacial score (nSPS) is 7.71. The monoisotopic (exact) mass is 105 g/mol. The highest BCUT2D eigenvalue weighted by atomic mass is 16.6.